The fraction of sp³-hybridized carbons (Fsp3) is 0.500. The molecule has 0 aliphatic heterocycles. The summed E-state index contributed by atoms with van der Waals surface area (Å²) in [6.07, 6.45) is 0.908. The predicted octanol–water partition coefficient (Wildman–Crippen LogP) is 1.99. The van der Waals surface area contributed by atoms with Crippen molar-refractivity contribution >= 4 is 11.0 Å². The zero-order valence-electron chi connectivity index (χ0n) is 11.2. The molecule has 0 bridgehead atoms. The van der Waals surface area contributed by atoms with Crippen LogP contribution in [-0.2, 0) is 7.05 Å². The van der Waals surface area contributed by atoms with Gasteiger partial charge in [0.2, 0.25) is 0 Å². The normalized spacial score (nSPS) is 14.9. The summed E-state index contributed by atoms with van der Waals surface area (Å²) in [4.78, 5) is 4.65. The second kappa shape index (κ2) is 5.50. The molecule has 2 rings (SSSR count). The summed E-state index contributed by atoms with van der Waals surface area (Å²) >= 11 is 0. The summed E-state index contributed by atoms with van der Waals surface area (Å²) in [6.45, 7) is 4.31. The predicted molar refractivity (Wildman–Crippen MR) is 73.4 cm³/mol. The van der Waals surface area contributed by atoms with Crippen LogP contribution >= 0.6 is 0 Å². The van der Waals surface area contributed by atoms with Crippen LogP contribution in [0.1, 0.15) is 32.1 Å². The Hall–Kier alpha value is -1.39. The van der Waals surface area contributed by atoms with Crippen LogP contribution in [0.25, 0.3) is 11.0 Å². The van der Waals surface area contributed by atoms with E-state index >= 15 is 0 Å². The zero-order valence-corrected chi connectivity index (χ0v) is 11.2. The maximum Gasteiger partial charge on any atom is 0.126 e. The van der Waals surface area contributed by atoms with Crippen LogP contribution in [-0.4, -0.2) is 27.3 Å². The number of nitrogens with zero attached hydrogens (tertiary/aromatic N) is 2. The van der Waals surface area contributed by atoms with Crippen molar-refractivity contribution in [1.29, 1.82) is 0 Å². The molecule has 4 nitrogen and oxygen atoms in total. The molecule has 0 saturated carbocycles. The molecule has 18 heavy (non-hydrogen) atoms. The van der Waals surface area contributed by atoms with Crippen LogP contribution in [0.5, 0.6) is 0 Å². The van der Waals surface area contributed by atoms with Crippen LogP contribution in [0.2, 0.25) is 0 Å². The summed E-state index contributed by atoms with van der Waals surface area (Å²) in [6, 6.07) is 8.37. The van der Waals surface area contributed by atoms with E-state index in [4.69, 9.17) is 0 Å². The summed E-state index contributed by atoms with van der Waals surface area (Å²) in [5.74, 6) is 1.00. The van der Waals surface area contributed by atoms with Gasteiger partial charge >= 0.3 is 0 Å². The summed E-state index contributed by atoms with van der Waals surface area (Å²) in [7, 11) is 2.03. The third kappa shape index (κ3) is 2.40. The minimum absolute atomic E-state index is 0.125. The van der Waals surface area contributed by atoms with E-state index in [0.717, 1.165) is 23.3 Å². The van der Waals surface area contributed by atoms with Crippen molar-refractivity contribution in [1.82, 2.24) is 14.9 Å². The smallest absolute Gasteiger partial charge is 0.126 e. The standard InChI is InChI=1S/C14H21N3O/c1-4-11(9-18)15-10(2)14-16-12-7-5-6-8-13(12)17(14)3/h5-8,10-11,15,18H,4,9H2,1-3H3/t10?,11-/m0/s1. The molecule has 98 valence electrons. The summed E-state index contributed by atoms with van der Waals surface area (Å²) in [5, 5.41) is 12.6. The minimum atomic E-state index is 0.125. The van der Waals surface area contributed by atoms with Crippen molar-refractivity contribution in [3.63, 3.8) is 0 Å². The molecule has 1 heterocycles. The number of aryl methyl sites for hydroxylation is 1. The lowest BCUT2D eigenvalue weighted by Gasteiger charge is -2.20. The van der Waals surface area contributed by atoms with E-state index < -0.39 is 0 Å². The molecule has 1 aromatic carbocycles. The van der Waals surface area contributed by atoms with Crippen molar-refractivity contribution in [2.24, 2.45) is 7.05 Å². The van der Waals surface area contributed by atoms with Crippen LogP contribution in [0, 0.1) is 0 Å². The molecule has 2 atom stereocenters. The first-order valence-corrected chi connectivity index (χ1v) is 6.45. The van der Waals surface area contributed by atoms with Crippen LogP contribution in [0.3, 0.4) is 0 Å². The van der Waals surface area contributed by atoms with Crippen molar-refractivity contribution < 1.29 is 5.11 Å². The Kier molecular flexibility index (Phi) is 3.99. The molecule has 4 heteroatoms. The number of rotatable bonds is 5. The number of aliphatic hydroxyl groups is 1. The van der Waals surface area contributed by atoms with Gasteiger partial charge in [-0.3, -0.25) is 0 Å². The number of imidazole rings is 1. The fourth-order valence-electron chi connectivity index (χ4n) is 2.28. The van der Waals surface area contributed by atoms with E-state index in [1.807, 2.05) is 25.2 Å². The van der Waals surface area contributed by atoms with Gasteiger partial charge in [-0.15, -0.1) is 0 Å². The van der Waals surface area contributed by atoms with Crippen LogP contribution in [0.4, 0.5) is 0 Å². The molecule has 0 spiro atoms. The number of para-hydroxylation sites is 2. The highest BCUT2D eigenvalue weighted by Gasteiger charge is 2.16. The van der Waals surface area contributed by atoms with Gasteiger partial charge in [0.25, 0.3) is 0 Å². The van der Waals surface area contributed by atoms with Gasteiger partial charge in [0.15, 0.2) is 0 Å². The average molecular weight is 247 g/mol. The number of fused-ring (bicyclic) bond motifs is 1. The van der Waals surface area contributed by atoms with E-state index in [9.17, 15) is 5.11 Å². The van der Waals surface area contributed by atoms with Gasteiger partial charge in [-0.25, -0.2) is 4.98 Å². The average Bonchev–Trinajstić information content (AvgIpc) is 2.74. The molecule has 1 unspecified atom stereocenters. The van der Waals surface area contributed by atoms with Gasteiger partial charge in [0, 0.05) is 13.1 Å². The Morgan fingerprint density at radius 3 is 2.72 bits per heavy atom. The van der Waals surface area contributed by atoms with Crippen molar-refractivity contribution in [3.8, 4) is 0 Å². The molecule has 0 fully saturated rings. The quantitative estimate of drug-likeness (QED) is 0.849. The highest BCUT2D eigenvalue weighted by atomic mass is 16.3. The Morgan fingerprint density at radius 1 is 1.39 bits per heavy atom. The molecule has 0 aliphatic carbocycles. The Labute approximate surface area is 108 Å². The summed E-state index contributed by atoms with van der Waals surface area (Å²) < 4.78 is 2.11. The fourth-order valence-corrected chi connectivity index (χ4v) is 2.28. The first-order chi connectivity index (χ1) is 8.67. The highest BCUT2D eigenvalue weighted by molar-refractivity contribution is 5.75. The number of nitrogens with one attached hydrogen (secondary N) is 1. The molecule has 0 radical (unpaired) electrons. The minimum Gasteiger partial charge on any atom is -0.395 e. The second-order valence-electron chi connectivity index (χ2n) is 4.69. The zero-order chi connectivity index (χ0) is 13.1. The molecular formula is C14H21N3O. The monoisotopic (exact) mass is 247 g/mol. The Morgan fingerprint density at radius 2 is 2.11 bits per heavy atom. The number of benzene rings is 1. The van der Waals surface area contributed by atoms with Gasteiger partial charge in [0.1, 0.15) is 5.82 Å². The van der Waals surface area contributed by atoms with Gasteiger partial charge in [-0.1, -0.05) is 19.1 Å². The van der Waals surface area contributed by atoms with Crippen molar-refractivity contribution in [2.75, 3.05) is 6.61 Å². The van der Waals surface area contributed by atoms with Crippen LogP contribution in [0.15, 0.2) is 24.3 Å². The largest absolute Gasteiger partial charge is 0.395 e. The molecule has 2 N–H and O–H groups in total. The van der Waals surface area contributed by atoms with Crippen molar-refractivity contribution in [3.05, 3.63) is 30.1 Å². The SMILES string of the molecule is CC[C@@H](CO)NC(C)c1nc2ccccc2n1C. The van der Waals surface area contributed by atoms with Gasteiger partial charge in [-0.05, 0) is 25.5 Å². The molecule has 0 aliphatic rings. The van der Waals surface area contributed by atoms with Gasteiger partial charge in [-0.2, -0.15) is 0 Å². The highest BCUT2D eigenvalue weighted by Crippen LogP contribution is 2.19. The number of aromatic nitrogens is 2. The van der Waals surface area contributed by atoms with Gasteiger partial charge < -0.3 is 15.0 Å². The van der Waals surface area contributed by atoms with E-state index in [-0.39, 0.29) is 18.7 Å². The lowest BCUT2D eigenvalue weighted by Crippen LogP contribution is -2.34. The lowest BCUT2D eigenvalue weighted by atomic mass is 10.2. The second-order valence-corrected chi connectivity index (χ2v) is 4.69. The van der Waals surface area contributed by atoms with Crippen molar-refractivity contribution in [2.45, 2.75) is 32.4 Å². The van der Waals surface area contributed by atoms with E-state index in [2.05, 4.69) is 34.8 Å². The molecular weight excluding hydrogens is 226 g/mol. The molecule has 1 aromatic heterocycles. The van der Waals surface area contributed by atoms with Crippen LogP contribution < -0.4 is 5.32 Å². The maximum absolute atomic E-state index is 9.24. The summed E-state index contributed by atoms with van der Waals surface area (Å²) in [5.41, 5.74) is 2.15. The van der Waals surface area contributed by atoms with E-state index in [0.29, 0.717) is 0 Å². The Balaban J connectivity index is 2.27. The first-order valence-electron chi connectivity index (χ1n) is 6.45. The third-order valence-corrected chi connectivity index (χ3v) is 3.41. The number of aliphatic hydroxyl groups excluding tert-OH is 1. The Bertz CT molecular complexity index is 517. The van der Waals surface area contributed by atoms with Gasteiger partial charge in [0.05, 0.1) is 23.7 Å². The third-order valence-electron chi connectivity index (χ3n) is 3.41. The molecule has 0 amide bonds. The maximum atomic E-state index is 9.24. The lowest BCUT2D eigenvalue weighted by molar-refractivity contribution is 0.228. The number of hydrogen-bond acceptors (Lipinski definition) is 3. The number of hydrogen-bond donors (Lipinski definition) is 2. The topological polar surface area (TPSA) is 50.1 Å². The first kappa shape index (κ1) is 13.1. The molecule has 2 aromatic rings. The molecule has 0 saturated heterocycles. The van der Waals surface area contributed by atoms with E-state index in [1.165, 1.54) is 0 Å². The van der Waals surface area contributed by atoms with E-state index in [1.54, 1.807) is 0 Å².